The molecule has 0 amide bonds. The topological polar surface area (TPSA) is 71.8 Å². The highest BCUT2D eigenvalue weighted by molar-refractivity contribution is 5.98. The van der Waals surface area contributed by atoms with Gasteiger partial charge in [-0.1, -0.05) is 6.92 Å². The van der Waals surface area contributed by atoms with Gasteiger partial charge in [0.1, 0.15) is 5.75 Å². The average Bonchev–Trinajstić information content (AvgIpc) is 2.54. The zero-order chi connectivity index (χ0) is 15.7. The molecule has 0 saturated carbocycles. The maximum absolute atomic E-state index is 10.1. The summed E-state index contributed by atoms with van der Waals surface area (Å²) in [6.07, 6.45) is 0.933. The molecule has 0 aliphatic rings. The van der Waals surface area contributed by atoms with E-state index in [1.165, 1.54) is 7.11 Å². The van der Waals surface area contributed by atoms with Gasteiger partial charge in [-0.25, -0.2) is 4.98 Å². The summed E-state index contributed by atoms with van der Waals surface area (Å²) in [6.45, 7) is 2.69. The Labute approximate surface area is 127 Å². The first kappa shape index (κ1) is 14.3. The predicted octanol–water partition coefficient (Wildman–Crippen LogP) is 3.60. The summed E-state index contributed by atoms with van der Waals surface area (Å²) in [7, 11) is 1.43. The first-order valence-corrected chi connectivity index (χ1v) is 7.10. The quantitative estimate of drug-likeness (QED) is 0.569. The second-order valence-corrected chi connectivity index (χ2v) is 5.03. The molecule has 0 saturated heterocycles. The third-order valence-electron chi connectivity index (χ3n) is 3.49. The number of phenols is 2. The predicted molar refractivity (Wildman–Crippen MR) is 84.9 cm³/mol. The Balaban J connectivity index is 2.20. The van der Waals surface area contributed by atoms with E-state index in [0.29, 0.717) is 17.5 Å². The first-order chi connectivity index (χ1) is 10.6. The van der Waals surface area contributed by atoms with Crippen molar-refractivity contribution in [3.8, 4) is 23.0 Å². The second kappa shape index (κ2) is 5.60. The summed E-state index contributed by atoms with van der Waals surface area (Å²) in [5, 5.41) is 21.4. The summed E-state index contributed by atoms with van der Waals surface area (Å²) in [5.74, 6) is 0.436. The van der Waals surface area contributed by atoms with Gasteiger partial charge in [0.2, 0.25) is 5.75 Å². The fraction of sp³-hybridized carbons (Fsp3) is 0.235. The van der Waals surface area contributed by atoms with Crippen LogP contribution in [0.1, 0.15) is 13.3 Å². The van der Waals surface area contributed by atoms with Gasteiger partial charge in [0, 0.05) is 16.8 Å². The van der Waals surface area contributed by atoms with E-state index in [1.54, 1.807) is 12.1 Å². The van der Waals surface area contributed by atoms with Crippen molar-refractivity contribution in [1.29, 1.82) is 0 Å². The van der Waals surface area contributed by atoms with Gasteiger partial charge in [0.25, 0.3) is 0 Å². The number of hydrogen-bond acceptors (Lipinski definition) is 5. The Bertz CT molecular complexity index is 845. The zero-order valence-corrected chi connectivity index (χ0v) is 12.5. The second-order valence-electron chi connectivity index (χ2n) is 5.03. The van der Waals surface area contributed by atoms with E-state index in [2.05, 4.69) is 4.98 Å². The molecule has 0 radical (unpaired) electrons. The number of hydrogen-bond donors (Lipinski definition) is 2. The number of aromatic nitrogens is 1. The molecule has 3 rings (SSSR count). The maximum atomic E-state index is 10.1. The standard InChI is InChI=1S/C17H17NO4/c1-3-6-22-11-4-5-13-10(7-11)8-12-14(18-13)9-15(21-2)17(20)16(12)19/h4-5,7-9,19-20H,3,6H2,1-2H3. The molecule has 1 aromatic heterocycles. The van der Waals surface area contributed by atoms with Crippen LogP contribution in [0.3, 0.4) is 0 Å². The van der Waals surface area contributed by atoms with Gasteiger partial charge in [0.15, 0.2) is 11.5 Å². The van der Waals surface area contributed by atoms with Crippen LogP contribution in [0, 0.1) is 0 Å². The van der Waals surface area contributed by atoms with Crippen LogP contribution in [0.5, 0.6) is 23.0 Å². The maximum Gasteiger partial charge on any atom is 0.201 e. The van der Waals surface area contributed by atoms with Crippen molar-refractivity contribution in [2.75, 3.05) is 13.7 Å². The number of fused-ring (bicyclic) bond motifs is 2. The van der Waals surface area contributed by atoms with Crippen LogP contribution in [0.15, 0.2) is 30.3 Å². The van der Waals surface area contributed by atoms with Gasteiger partial charge < -0.3 is 19.7 Å². The van der Waals surface area contributed by atoms with Gasteiger partial charge in [-0.05, 0) is 30.7 Å². The summed E-state index contributed by atoms with van der Waals surface area (Å²) >= 11 is 0. The number of methoxy groups -OCH3 is 1. The molecule has 5 nitrogen and oxygen atoms in total. The zero-order valence-electron chi connectivity index (χ0n) is 12.5. The molecule has 0 bridgehead atoms. The molecular formula is C17H17NO4. The Morgan fingerprint density at radius 3 is 2.59 bits per heavy atom. The number of aromatic hydroxyl groups is 2. The van der Waals surface area contributed by atoms with Crippen molar-refractivity contribution >= 4 is 21.8 Å². The first-order valence-electron chi connectivity index (χ1n) is 7.10. The lowest BCUT2D eigenvalue weighted by Crippen LogP contribution is -1.95. The third kappa shape index (κ3) is 2.35. The Morgan fingerprint density at radius 2 is 1.86 bits per heavy atom. The Morgan fingerprint density at radius 1 is 1.05 bits per heavy atom. The fourth-order valence-electron chi connectivity index (χ4n) is 2.37. The summed E-state index contributed by atoms with van der Waals surface area (Å²) in [5.41, 5.74) is 1.34. The lowest BCUT2D eigenvalue weighted by molar-refractivity contribution is 0.318. The van der Waals surface area contributed by atoms with Crippen LogP contribution >= 0.6 is 0 Å². The SMILES string of the molecule is CCCOc1ccc2nc3cc(OC)c(O)c(O)c3cc2c1. The summed E-state index contributed by atoms with van der Waals surface area (Å²) in [4.78, 5) is 4.50. The minimum Gasteiger partial charge on any atom is -0.504 e. The van der Waals surface area contributed by atoms with Gasteiger partial charge in [-0.2, -0.15) is 0 Å². The molecule has 0 fully saturated rings. The number of rotatable bonds is 4. The van der Waals surface area contributed by atoms with Crippen LogP contribution < -0.4 is 9.47 Å². The molecule has 5 heteroatoms. The molecule has 2 aromatic carbocycles. The molecule has 0 atom stereocenters. The molecule has 2 N–H and O–H groups in total. The molecule has 1 heterocycles. The van der Waals surface area contributed by atoms with Crippen molar-refractivity contribution in [2.24, 2.45) is 0 Å². The molecule has 0 spiro atoms. The minimum atomic E-state index is -0.283. The summed E-state index contributed by atoms with van der Waals surface area (Å²) in [6, 6.07) is 9.00. The molecular weight excluding hydrogens is 282 g/mol. The minimum absolute atomic E-state index is 0.194. The van der Waals surface area contributed by atoms with Crippen LogP contribution in [0.25, 0.3) is 21.8 Å². The number of pyridine rings is 1. The van der Waals surface area contributed by atoms with Crippen molar-refractivity contribution in [3.05, 3.63) is 30.3 Å². The Kier molecular flexibility index (Phi) is 3.63. The number of phenolic OH excluding ortho intramolecular Hbond substituents is 2. The van der Waals surface area contributed by atoms with E-state index in [9.17, 15) is 10.2 Å². The van der Waals surface area contributed by atoms with E-state index in [4.69, 9.17) is 9.47 Å². The van der Waals surface area contributed by atoms with Crippen molar-refractivity contribution in [2.45, 2.75) is 13.3 Å². The van der Waals surface area contributed by atoms with Crippen LogP contribution in [0.4, 0.5) is 0 Å². The van der Waals surface area contributed by atoms with Crippen molar-refractivity contribution in [1.82, 2.24) is 4.98 Å². The van der Waals surface area contributed by atoms with E-state index in [-0.39, 0.29) is 17.2 Å². The van der Waals surface area contributed by atoms with Crippen LogP contribution in [-0.2, 0) is 0 Å². The van der Waals surface area contributed by atoms with Crippen LogP contribution in [0.2, 0.25) is 0 Å². The Hall–Kier alpha value is -2.69. The highest BCUT2D eigenvalue weighted by Crippen LogP contribution is 2.42. The van der Waals surface area contributed by atoms with Crippen LogP contribution in [-0.4, -0.2) is 28.9 Å². The van der Waals surface area contributed by atoms with Crippen molar-refractivity contribution in [3.63, 3.8) is 0 Å². The molecule has 114 valence electrons. The highest BCUT2D eigenvalue weighted by atomic mass is 16.5. The fourth-order valence-corrected chi connectivity index (χ4v) is 2.37. The van der Waals surface area contributed by atoms with Gasteiger partial charge in [-0.3, -0.25) is 0 Å². The van der Waals surface area contributed by atoms with E-state index < -0.39 is 0 Å². The largest absolute Gasteiger partial charge is 0.504 e. The molecule has 0 unspecified atom stereocenters. The molecule has 0 aliphatic heterocycles. The van der Waals surface area contributed by atoms with E-state index >= 15 is 0 Å². The average molecular weight is 299 g/mol. The molecule has 3 aromatic rings. The summed E-state index contributed by atoms with van der Waals surface area (Å²) < 4.78 is 10.6. The highest BCUT2D eigenvalue weighted by Gasteiger charge is 2.14. The molecule has 22 heavy (non-hydrogen) atoms. The van der Waals surface area contributed by atoms with Crippen molar-refractivity contribution < 1.29 is 19.7 Å². The monoisotopic (exact) mass is 299 g/mol. The number of benzene rings is 2. The number of nitrogens with zero attached hydrogens (tertiary/aromatic N) is 1. The number of ether oxygens (including phenoxy) is 2. The van der Waals surface area contributed by atoms with E-state index in [1.807, 2.05) is 25.1 Å². The molecule has 0 aliphatic carbocycles. The third-order valence-corrected chi connectivity index (χ3v) is 3.49. The van der Waals surface area contributed by atoms with Gasteiger partial charge in [-0.15, -0.1) is 0 Å². The van der Waals surface area contributed by atoms with E-state index in [0.717, 1.165) is 23.1 Å². The van der Waals surface area contributed by atoms with Gasteiger partial charge >= 0.3 is 0 Å². The lowest BCUT2D eigenvalue weighted by Gasteiger charge is -2.10. The van der Waals surface area contributed by atoms with Gasteiger partial charge in [0.05, 0.1) is 24.8 Å². The lowest BCUT2D eigenvalue weighted by atomic mass is 10.1. The smallest absolute Gasteiger partial charge is 0.201 e. The normalized spacial score (nSPS) is 11.0.